The molecule has 1 fully saturated rings. The molecule has 7 nitrogen and oxygen atoms in total. The van der Waals surface area contributed by atoms with Gasteiger partial charge in [-0.25, -0.2) is 0 Å². The Bertz CT molecular complexity index is 1370. The number of benzene rings is 3. The first-order valence-corrected chi connectivity index (χ1v) is 12.6. The van der Waals surface area contributed by atoms with Crippen molar-refractivity contribution in [3.8, 4) is 23.3 Å². The molecule has 0 atom stereocenters. The summed E-state index contributed by atoms with van der Waals surface area (Å²) in [5, 5.41) is 13.8. The first-order chi connectivity index (χ1) is 17.6. The van der Waals surface area contributed by atoms with Gasteiger partial charge in [-0.05, 0) is 60.8 Å². The molecule has 1 aliphatic heterocycles. The van der Waals surface area contributed by atoms with Gasteiger partial charge in [0.05, 0.1) is 30.2 Å². The molecule has 1 N–H and O–H groups in total. The zero-order valence-corrected chi connectivity index (χ0v) is 21.4. The number of hydrogen-bond donors (Lipinski definition) is 1. The van der Waals surface area contributed by atoms with E-state index in [1.165, 1.54) is 0 Å². The SMILES string of the molecule is CCN(CC)CCN=C1NC(=O)SC1=Cc1ccc(Oc2ccc(C#N)c3ccccc23)c(OC)c1. The van der Waals surface area contributed by atoms with E-state index in [-0.39, 0.29) is 5.24 Å². The number of nitrogens with zero attached hydrogens (tertiary/aromatic N) is 3. The van der Waals surface area contributed by atoms with E-state index >= 15 is 0 Å². The number of carbonyl (C=O) groups is 1. The van der Waals surface area contributed by atoms with E-state index in [2.05, 4.69) is 35.1 Å². The highest BCUT2D eigenvalue weighted by Crippen LogP contribution is 2.37. The number of methoxy groups -OCH3 is 1. The number of thioether (sulfide) groups is 1. The van der Waals surface area contributed by atoms with Gasteiger partial charge in [0.1, 0.15) is 11.6 Å². The number of ether oxygens (including phenoxy) is 2. The van der Waals surface area contributed by atoms with Gasteiger partial charge in [0.2, 0.25) is 0 Å². The molecule has 1 saturated heterocycles. The van der Waals surface area contributed by atoms with Crippen LogP contribution in [0.1, 0.15) is 25.0 Å². The number of carbonyl (C=O) groups excluding carboxylic acids is 1. The smallest absolute Gasteiger partial charge is 0.289 e. The Balaban J connectivity index is 1.58. The van der Waals surface area contributed by atoms with Gasteiger partial charge >= 0.3 is 0 Å². The average molecular weight is 501 g/mol. The van der Waals surface area contributed by atoms with Crippen LogP contribution < -0.4 is 14.8 Å². The fourth-order valence-corrected chi connectivity index (χ4v) is 4.73. The summed E-state index contributed by atoms with van der Waals surface area (Å²) in [5.74, 6) is 2.34. The maximum atomic E-state index is 12.1. The Morgan fingerprint density at radius 3 is 2.53 bits per heavy atom. The largest absolute Gasteiger partial charge is 0.493 e. The topological polar surface area (TPSA) is 87.0 Å². The second-order valence-corrected chi connectivity index (χ2v) is 9.08. The second kappa shape index (κ2) is 11.8. The third-order valence-electron chi connectivity index (χ3n) is 5.95. The summed E-state index contributed by atoms with van der Waals surface area (Å²) >= 11 is 1.13. The lowest BCUT2D eigenvalue weighted by Crippen LogP contribution is -2.27. The first kappa shape index (κ1) is 25.3. The van der Waals surface area contributed by atoms with E-state index in [9.17, 15) is 10.1 Å². The van der Waals surface area contributed by atoms with E-state index in [0.29, 0.717) is 35.2 Å². The number of nitrogens with one attached hydrogen (secondary N) is 1. The van der Waals surface area contributed by atoms with Crippen molar-refractivity contribution in [3.05, 3.63) is 70.6 Å². The highest BCUT2D eigenvalue weighted by molar-refractivity contribution is 8.18. The summed E-state index contributed by atoms with van der Waals surface area (Å²) in [5.41, 5.74) is 1.46. The Kier molecular flexibility index (Phi) is 8.26. The third kappa shape index (κ3) is 5.70. The van der Waals surface area contributed by atoms with Gasteiger partial charge in [-0.1, -0.05) is 44.2 Å². The number of amidine groups is 1. The van der Waals surface area contributed by atoms with Gasteiger partial charge in [-0.2, -0.15) is 5.26 Å². The van der Waals surface area contributed by atoms with Crippen molar-refractivity contribution in [1.82, 2.24) is 10.2 Å². The summed E-state index contributed by atoms with van der Waals surface area (Å²) in [6.07, 6.45) is 1.92. The molecule has 0 aliphatic carbocycles. The maximum absolute atomic E-state index is 12.1. The second-order valence-electron chi connectivity index (χ2n) is 8.06. The fraction of sp³-hybridized carbons (Fsp3) is 0.250. The summed E-state index contributed by atoms with van der Waals surface area (Å²) in [7, 11) is 1.59. The number of fused-ring (bicyclic) bond motifs is 1. The molecule has 0 spiro atoms. The van der Waals surface area contributed by atoms with Crippen LogP contribution in [0.2, 0.25) is 0 Å². The lowest BCUT2D eigenvalue weighted by molar-refractivity contribution is 0.265. The Morgan fingerprint density at radius 2 is 1.81 bits per heavy atom. The molecule has 0 saturated carbocycles. The average Bonchev–Trinajstić information content (AvgIpc) is 3.25. The monoisotopic (exact) mass is 500 g/mol. The summed E-state index contributed by atoms with van der Waals surface area (Å²) in [4.78, 5) is 19.7. The summed E-state index contributed by atoms with van der Waals surface area (Å²) in [6.45, 7) is 7.65. The molecule has 8 heteroatoms. The normalized spacial score (nSPS) is 15.5. The van der Waals surface area contributed by atoms with E-state index in [1.807, 2.05) is 48.5 Å². The molecule has 36 heavy (non-hydrogen) atoms. The van der Waals surface area contributed by atoms with Crippen LogP contribution in [0.4, 0.5) is 4.79 Å². The zero-order valence-electron chi connectivity index (χ0n) is 20.6. The molecule has 0 radical (unpaired) electrons. The zero-order chi connectivity index (χ0) is 25.5. The molecule has 184 valence electrons. The minimum absolute atomic E-state index is 0.137. The van der Waals surface area contributed by atoms with Crippen LogP contribution in [0.5, 0.6) is 17.2 Å². The first-order valence-electron chi connectivity index (χ1n) is 11.8. The van der Waals surface area contributed by atoms with E-state index in [1.54, 1.807) is 19.2 Å². The highest BCUT2D eigenvalue weighted by atomic mass is 32.2. The summed E-state index contributed by atoms with van der Waals surface area (Å²) in [6, 6.07) is 19.0. The number of nitriles is 1. The lowest BCUT2D eigenvalue weighted by atomic mass is 10.0. The maximum Gasteiger partial charge on any atom is 0.289 e. The van der Waals surface area contributed by atoms with Gasteiger partial charge in [-0.3, -0.25) is 9.79 Å². The Morgan fingerprint density at radius 1 is 1.06 bits per heavy atom. The Labute approximate surface area is 215 Å². The number of amides is 1. The van der Waals surface area contributed by atoms with Crippen molar-refractivity contribution >= 4 is 39.7 Å². The predicted molar refractivity (Wildman–Crippen MR) is 146 cm³/mol. The number of rotatable bonds is 9. The Hall–Kier alpha value is -3.80. The molecular weight excluding hydrogens is 472 g/mol. The van der Waals surface area contributed by atoms with E-state index < -0.39 is 0 Å². The van der Waals surface area contributed by atoms with Crippen LogP contribution in [-0.4, -0.2) is 49.3 Å². The van der Waals surface area contributed by atoms with Gasteiger partial charge in [0.15, 0.2) is 11.5 Å². The summed E-state index contributed by atoms with van der Waals surface area (Å²) < 4.78 is 11.8. The van der Waals surface area contributed by atoms with Crippen molar-refractivity contribution in [1.29, 1.82) is 5.26 Å². The van der Waals surface area contributed by atoms with Crippen molar-refractivity contribution < 1.29 is 14.3 Å². The standard InChI is InChI=1S/C28H28N4O3S/c1-4-32(5-2)15-14-30-27-26(36-28(33)31-27)17-19-10-12-24(25(16-19)34-3)35-23-13-11-20(18-29)21-8-6-7-9-22(21)23/h6-13,16-17H,4-5,14-15H2,1-3H3,(H,30,31,33). The molecule has 0 bridgehead atoms. The van der Waals surface area contributed by atoms with Gasteiger partial charge in [0.25, 0.3) is 5.24 Å². The van der Waals surface area contributed by atoms with Crippen LogP contribution in [0.3, 0.4) is 0 Å². The number of hydrogen-bond acceptors (Lipinski definition) is 7. The molecule has 1 aliphatic rings. The van der Waals surface area contributed by atoms with E-state index in [4.69, 9.17) is 9.47 Å². The van der Waals surface area contributed by atoms with Crippen molar-refractivity contribution in [2.45, 2.75) is 13.8 Å². The minimum atomic E-state index is -0.137. The highest BCUT2D eigenvalue weighted by Gasteiger charge is 2.23. The number of likely N-dealkylation sites (N-methyl/N-ethyl adjacent to an activating group) is 1. The van der Waals surface area contributed by atoms with Crippen LogP contribution in [0.15, 0.2) is 64.5 Å². The molecule has 4 rings (SSSR count). The molecule has 1 heterocycles. The lowest BCUT2D eigenvalue weighted by Gasteiger charge is -2.16. The van der Waals surface area contributed by atoms with Crippen molar-refractivity contribution in [2.75, 3.05) is 33.3 Å². The van der Waals surface area contributed by atoms with Crippen LogP contribution in [-0.2, 0) is 0 Å². The molecular formula is C28H28N4O3S. The molecule has 0 aromatic heterocycles. The molecule has 3 aromatic rings. The van der Waals surface area contributed by atoms with Crippen LogP contribution in [0.25, 0.3) is 16.8 Å². The quantitative estimate of drug-likeness (QED) is 0.385. The van der Waals surface area contributed by atoms with Gasteiger partial charge in [-0.15, -0.1) is 0 Å². The third-order valence-corrected chi connectivity index (χ3v) is 6.77. The molecule has 3 aromatic carbocycles. The van der Waals surface area contributed by atoms with Crippen LogP contribution >= 0.6 is 11.8 Å². The predicted octanol–water partition coefficient (Wildman–Crippen LogP) is 6.05. The van der Waals surface area contributed by atoms with E-state index in [0.717, 1.165) is 52.6 Å². The van der Waals surface area contributed by atoms with Crippen molar-refractivity contribution in [3.63, 3.8) is 0 Å². The fourth-order valence-electron chi connectivity index (χ4n) is 3.98. The van der Waals surface area contributed by atoms with Gasteiger partial charge < -0.3 is 19.7 Å². The van der Waals surface area contributed by atoms with Crippen LogP contribution in [0, 0.1) is 11.3 Å². The minimum Gasteiger partial charge on any atom is -0.493 e. The van der Waals surface area contributed by atoms with Crippen molar-refractivity contribution in [2.24, 2.45) is 4.99 Å². The van der Waals surface area contributed by atoms with Gasteiger partial charge in [0, 0.05) is 17.3 Å². The number of aliphatic imine (C=N–C) groups is 1. The molecule has 1 amide bonds. The molecule has 0 unspecified atom stereocenters.